The lowest BCUT2D eigenvalue weighted by molar-refractivity contribution is -0.142. The van der Waals surface area contributed by atoms with Crippen LogP contribution in [0.2, 0.25) is 0 Å². The van der Waals surface area contributed by atoms with E-state index >= 15 is 0 Å². The van der Waals surface area contributed by atoms with E-state index in [4.69, 9.17) is 12.2 Å². The molecule has 1 aliphatic carbocycles. The predicted molar refractivity (Wildman–Crippen MR) is 138 cm³/mol. The maximum absolute atomic E-state index is 13.2. The van der Waals surface area contributed by atoms with E-state index in [1.54, 1.807) is 33.5 Å². The second kappa shape index (κ2) is 12.4. The van der Waals surface area contributed by atoms with Crippen molar-refractivity contribution < 1.29 is 23.1 Å². The first kappa shape index (κ1) is 26.2. The maximum atomic E-state index is 13.2. The van der Waals surface area contributed by atoms with E-state index in [9.17, 15) is 18.4 Å². The zero-order chi connectivity index (χ0) is 25.5. The maximum Gasteiger partial charge on any atom is 0.387 e. The fraction of sp³-hybridized carbons (Fsp3) is 0.500. The van der Waals surface area contributed by atoms with Crippen LogP contribution in [-0.2, 0) is 9.59 Å². The quantitative estimate of drug-likeness (QED) is 0.478. The molecule has 2 heterocycles. The minimum Gasteiger partial charge on any atom is -0.435 e. The molecule has 1 aromatic carbocycles. The van der Waals surface area contributed by atoms with Gasteiger partial charge in [0.1, 0.15) is 11.8 Å². The number of benzene rings is 1. The van der Waals surface area contributed by atoms with Crippen LogP contribution in [0.25, 0.3) is 0 Å². The number of piperazine rings is 1. The number of nitrogens with one attached hydrogen (secondary N) is 2. The molecule has 0 bridgehead atoms. The van der Waals surface area contributed by atoms with Crippen molar-refractivity contribution in [1.82, 2.24) is 14.8 Å². The molecule has 2 N–H and O–H groups in total. The molecule has 1 unspecified atom stereocenters. The van der Waals surface area contributed by atoms with Crippen LogP contribution in [0.1, 0.15) is 38.5 Å². The van der Waals surface area contributed by atoms with Gasteiger partial charge in [0.2, 0.25) is 11.8 Å². The van der Waals surface area contributed by atoms with Crippen molar-refractivity contribution in [2.24, 2.45) is 5.92 Å². The molecule has 0 spiro atoms. The predicted octanol–water partition coefficient (Wildman–Crippen LogP) is 4.56. The smallest absolute Gasteiger partial charge is 0.387 e. The molecule has 1 aromatic heterocycles. The van der Waals surface area contributed by atoms with Gasteiger partial charge in [0, 0.05) is 30.4 Å². The average Bonchev–Trinajstić information content (AvgIpc) is 3.37. The van der Waals surface area contributed by atoms with E-state index in [0.717, 1.165) is 25.7 Å². The van der Waals surface area contributed by atoms with Gasteiger partial charge < -0.3 is 25.2 Å². The Labute approximate surface area is 218 Å². The first-order valence-electron chi connectivity index (χ1n) is 12.0. The summed E-state index contributed by atoms with van der Waals surface area (Å²) in [6.45, 7) is -2.01. The van der Waals surface area contributed by atoms with Crippen LogP contribution in [0, 0.1) is 5.92 Å². The molecule has 36 heavy (non-hydrogen) atoms. The summed E-state index contributed by atoms with van der Waals surface area (Å²) in [5, 5.41) is 8.58. The summed E-state index contributed by atoms with van der Waals surface area (Å²) in [6.07, 6.45) is 7.95. The highest BCUT2D eigenvalue weighted by Crippen LogP contribution is 2.30. The Morgan fingerprint density at radius 3 is 2.56 bits per heavy atom. The van der Waals surface area contributed by atoms with Crippen molar-refractivity contribution in [3.63, 3.8) is 0 Å². The number of hydrogen-bond donors (Lipinski definition) is 2. The Bertz CT molecular complexity index is 1030. The van der Waals surface area contributed by atoms with Crippen molar-refractivity contribution in [3.8, 4) is 5.75 Å². The van der Waals surface area contributed by atoms with Gasteiger partial charge in [-0.1, -0.05) is 32.1 Å². The van der Waals surface area contributed by atoms with E-state index in [-0.39, 0.29) is 24.1 Å². The summed E-state index contributed by atoms with van der Waals surface area (Å²) in [5.41, 5.74) is 0.592. The molecule has 0 radical (unpaired) electrons. The highest BCUT2D eigenvalue weighted by atomic mass is 32.1. The van der Waals surface area contributed by atoms with Crippen molar-refractivity contribution in [2.45, 2.75) is 51.2 Å². The van der Waals surface area contributed by atoms with Crippen LogP contribution in [0.5, 0.6) is 5.75 Å². The number of nitrogens with zero attached hydrogens (tertiary/aromatic N) is 3. The van der Waals surface area contributed by atoms with E-state index in [2.05, 4.69) is 20.4 Å². The number of thiocarbonyl (C=S) groups is 1. The van der Waals surface area contributed by atoms with E-state index in [1.807, 2.05) is 0 Å². The third-order valence-electron chi connectivity index (χ3n) is 6.50. The van der Waals surface area contributed by atoms with Gasteiger partial charge in [-0.3, -0.25) is 9.59 Å². The lowest BCUT2D eigenvalue weighted by atomic mass is 9.84. The second-order valence-corrected chi connectivity index (χ2v) is 10.2. The molecule has 194 valence electrons. The summed E-state index contributed by atoms with van der Waals surface area (Å²) < 4.78 is 29.0. The van der Waals surface area contributed by atoms with Crippen LogP contribution in [0.4, 0.5) is 19.6 Å². The van der Waals surface area contributed by atoms with Gasteiger partial charge in [0.15, 0.2) is 10.2 Å². The molecule has 8 nitrogen and oxygen atoms in total. The van der Waals surface area contributed by atoms with Gasteiger partial charge in [-0.05, 0) is 48.8 Å². The second-order valence-electron chi connectivity index (χ2n) is 8.92. The Balaban J connectivity index is 1.37. The van der Waals surface area contributed by atoms with Crippen molar-refractivity contribution in [2.75, 3.05) is 30.3 Å². The summed E-state index contributed by atoms with van der Waals surface area (Å²) in [4.78, 5) is 34.0. The number of carbonyl (C=O) groups is 2. The SMILES string of the molecule is O=C(Nc1nccs1)C(CC1CCCCC1)N1CCN(C(=S)Nc2ccc(OC(F)F)cc2)CC1=O. The number of aromatic nitrogens is 1. The molecule has 2 aliphatic rings. The average molecular weight is 538 g/mol. The van der Waals surface area contributed by atoms with E-state index in [1.165, 1.54) is 29.9 Å². The number of amides is 2. The molecule has 1 atom stereocenters. The lowest BCUT2D eigenvalue weighted by Gasteiger charge is -2.40. The minimum atomic E-state index is -2.89. The summed E-state index contributed by atoms with van der Waals surface area (Å²) in [7, 11) is 0. The number of rotatable bonds is 8. The molecule has 2 fully saturated rings. The highest BCUT2D eigenvalue weighted by Gasteiger charge is 2.36. The number of halogens is 2. The molecule has 1 saturated heterocycles. The molecule has 1 saturated carbocycles. The van der Waals surface area contributed by atoms with Gasteiger partial charge in [0.05, 0.1) is 6.54 Å². The monoisotopic (exact) mass is 537 g/mol. The van der Waals surface area contributed by atoms with Crippen LogP contribution in [0.15, 0.2) is 35.8 Å². The van der Waals surface area contributed by atoms with Gasteiger partial charge in [0.25, 0.3) is 0 Å². The fourth-order valence-corrected chi connectivity index (χ4v) is 5.51. The molecule has 1 aliphatic heterocycles. The largest absolute Gasteiger partial charge is 0.435 e. The number of hydrogen-bond acceptors (Lipinski definition) is 6. The van der Waals surface area contributed by atoms with Crippen LogP contribution in [0.3, 0.4) is 0 Å². The van der Waals surface area contributed by atoms with Crippen molar-refractivity contribution in [3.05, 3.63) is 35.8 Å². The zero-order valence-electron chi connectivity index (χ0n) is 19.7. The van der Waals surface area contributed by atoms with Crippen molar-refractivity contribution >= 4 is 51.3 Å². The first-order valence-corrected chi connectivity index (χ1v) is 13.3. The molecular weight excluding hydrogens is 508 g/mol. The van der Waals surface area contributed by atoms with E-state index in [0.29, 0.717) is 41.4 Å². The van der Waals surface area contributed by atoms with Gasteiger partial charge in [-0.25, -0.2) is 4.98 Å². The Kier molecular flexibility index (Phi) is 9.03. The fourth-order valence-electron chi connectivity index (χ4n) is 4.70. The topological polar surface area (TPSA) is 86.8 Å². The summed E-state index contributed by atoms with van der Waals surface area (Å²) >= 11 is 6.83. The number of alkyl halides is 2. The highest BCUT2D eigenvalue weighted by molar-refractivity contribution is 7.80. The normalized spacial score (nSPS) is 17.7. The van der Waals surface area contributed by atoms with Crippen molar-refractivity contribution in [1.29, 1.82) is 0 Å². The molecule has 12 heteroatoms. The Hall–Kier alpha value is -2.86. The standard InChI is InChI=1S/C24H29F2N5O3S2/c25-22(26)34-18-8-6-17(7-9-18)28-24(35)30-11-12-31(20(32)15-30)19(14-16-4-2-1-3-5-16)21(33)29-23-27-10-13-36-23/h6-10,13,16,19,22H,1-5,11-12,14-15H2,(H,28,35)(H,27,29,33). The first-order chi connectivity index (χ1) is 17.4. The van der Waals surface area contributed by atoms with Gasteiger partial charge >= 0.3 is 6.61 Å². The Morgan fingerprint density at radius 2 is 1.92 bits per heavy atom. The zero-order valence-corrected chi connectivity index (χ0v) is 21.3. The van der Waals surface area contributed by atoms with E-state index < -0.39 is 12.7 Å². The summed E-state index contributed by atoms with van der Waals surface area (Å²) in [5.74, 6) is 0.0898. The molecule has 4 rings (SSSR count). The third kappa shape index (κ3) is 7.10. The number of thiazole rings is 1. The van der Waals surface area contributed by atoms with Crippen LogP contribution < -0.4 is 15.4 Å². The van der Waals surface area contributed by atoms with Crippen LogP contribution >= 0.6 is 23.6 Å². The summed E-state index contributed by atoms with van der Waals surface area (Å²) in [6, 6.07) is 5.42. The number of carbonyl (C=O) groups excluding carboxylic acids is 2. The van der Waals surface area contributed by atoms with Gasteiger partial charge in [-0.15, -0.1) is 11.3 Å². The van der Waals surface area contributed by atoms with Gasteiger partial charge in [-0.2, -0.15) is 8.78 Å². The molecule has 2 amide bonds. The minimum absolute atomic E-state index is 0.0457. The molecular formula is C24H29F2N5O3S2. The third-order valence-corrected chi connectivity index (χ3v) is 7.55. The lowest BCUT2D eigenvalue weighted by Crippen LogP contribution is -2.59. The van der Waals surface area contributed by atoms with Crippen LogP contribution in [-0.4, -0.2) is 64.0 Å². The molecule has 2 aromatic rings. The number of anilines is 2. The number of ether oxygens (including phenoxy) is 1. The Morgan fingerprint density at radius 1 is 1.17 bits per heavy atom.